The van der Waals surface area contributed by atoms with Crippen molar-refractivity contribution >= 4 is 23.3 Å². The summed E-state index contributed by atoms with van der Waals surface area (Å²) in [4.78, 5) is 29.6. The Bertz CT molecular complexity index is 1020. The standard InChI is InChI=1S/C20H22N4O3/c1-20(2,3)27-19(26)23(4)15-8-9-17-22-11-16(24(17)12-15)13-6-5-7-14(10-13)18(21)25/h5-12H,1-4H3,(H2,21,25). The molecule has 0 saturated heterocycles. The maximum Gasteiger partial charge on any atom is 0.414 e. The maximum absolute atomic E-state index is 12.3. The van der Waals surface area contributed by atoms with E-state index < -0.39 is 17.6 Å². The van der Waals surface area contributed by atoms with Gasteiger partial charge < -0.3 is 10.5 Å². The molecule has 0 radical (unpaired) electrons. The van der Waals surface area contributed by atoms with Gasteiger partial charge in [-0.25, -0.2) is 9.78 Å². The lowest BCUT2D eigenvalue weighted by atomic mass is 10.1. The highest BCUT2D eigenvalue weighted by Gasteiger charge is 2.21. The molecule has 0 unspecified atom stereocenters. The molecule has 7 heteroatoms. The van der Waals surface area contributed by atoms with Crippen LogP contribution in [0, 0.1) is 0 Å². The van der Waals surface area contributed by atoms with E-state index in [1.54, 1.807) is 43.7 Å². The van der Waals surface area contributed by atoms with Crippen LogP contribution in [-0.2, 0) is 4.74 Å². The number of pyridine rings is 1. The van der Waals surface area contributed by atoms with Gasteiger partial charge in [0.1, 0.15) is 11.2 Å². The molecule has 0 spiro atoms. The molecule has 140 valence electrons. The quantitative estimate of drug-likeness (QED) is 0.768. The van der Waals surface area contributed by atoms with Crippen LogP contribution in [0.5, 0.6) is 0 Å². The number of hydrogen-bond donors (Lipinski definition) is 1. The van der Waals surface area contributed by atoms with E-state index in [0.717, 1.165) is 16.9 Å². The zero-order valence-electron chi connectivity index (χ0n) is 15.8. The molecule has 0 bridgehead atoms. The van der Waals surface area contributed by atoms with Crippen molar-refractivity contribution < 1.29 is 14.3 Å². The van der Waals surface area contributed by atoms with Gasteiger partial charge >= 0.3 is 6.09 Å². The number of primary amides is 1. The summed E-state index contributed by atoms with van der Waals surface area (Å²) in [5.41, 5.74) is 8.18. The van der Waals surface area contributed by atoms with E-state index in [1.807, 2.05) is 37.3 Å². The van der Waals surface area contributed by atoms with Crippen LogP contribution in [0.15, 0.2) is 48.8 Å². The Morgan fingerprint density at radius 1 is 1.19 bits per heavy atom. The summed E-state index contributed by atoms with van der Waals surface area (Å²) in [7, 11) is 1.65. The summed E-state index contributed by atoms with van der Waals surface area (Å²) in [5, 5.41) is 0. The molecule has 2 aromatic heterocycles. The van der Waals surface area contributed by atoms with Gasteiger partial charge in [0.15, 0.2) is 0 Å². The number of fused-ring (bicyclic) bond motifs is 1. The molecule has 0 atom stereocenters. The van der Waals surface area contributed by atoms with Crippen molar-refractivity contribution in [2.75, 3.05) is 11.9 Å². The second-order valence-corrected chi connectivity index (χ2v) is 7.24. The zero-order valence-corrected chi connectivity index (χ0v) is 15.8. The molecular formula is C20H22N4O3. The van der Waals surface area contributed by atoms with Gasteiger partial charge in [0.2, 0.25) is 5.91 Å². The highest BCUT2D eigenvalue weighted by molar-refractivity contribution is 5.94. The fourth-order valence-corrected chi connectivity index (χ4v) is 2.65. The number of nitrogens with zero attached hydrogens (tertiary/aromatic N) is 3. The summed E-state index contributed by atoms with van der Waals surface area (Å²) in [5.74, 6) is -0.490. The smallest absolute Gasteiger partial charge is 0.414 e. The lowest BCUT2D eigenvalue weighted by molar-refractivity contribution is 0.0589. The van der Waals surface area contributed by atoms with E-state index in [9.17, 15) is 9.59 Å². The minimum absolute atomic E-state index is 0.421. The van der Waals surface area contributed by atoms with Crippen molar-refractivity contribution in [3.63, 3.8) is 0 Å². The van der Waals surface area contributed by atoms with Crippen LogP contribution >= 0.6 is 0 Å². The monoisotopic (exact) mass is 366 g/mol. The Balaban J connectivity index is 2.01. The number of amides is 2. The highest BCUT2D eigenvalue weighted by Crippen LogP contribution is 2.25. The number of hydrogen-bond acceptors (Lipinski definition) is 4. The predicted molar refractivity (Wildman–Crippen MR) is 104 cm³/mol. The van der Waals surface area contributed by atoms with Gasteiger partial charge in [0, 0.05) is 24.4 Å². The molecule has 3 aromatic rings. The number of rotatable bonds is 3. The molecule has 2 N–H and O–H groups in total. The molecule has 0 aliphatic heterocycles. The lowest BCUT2D eigenvalue weighted by Gasteiger charge is -2.24. The first-order chi connectivity index (χ1) is 12.7. The molecule has 0 saturated carbocycles. The predicted octanol–water partition coefficient (Wildman–Crippen LogP) is 3.47. The van der Waals surface area contributed by atoms with Gasteiger partial charge in [0.25, 0.3) is 0 Å². The number of aromatic nitrogens is 2. The minimum atomic E-state index is -0.579. The van der Waals surface area contributed by atoms with E-state index in [4.69, 9.17) is 10.5 Å². The third-order valence-corrected chi connectivity index (χ3v) is 3.99. The molecule has 2 amide bonds. The third-order valence-electron chi connectivity index (χ3n) is 3.99. The van der Waals surface area contributed by atoms with E-state index in [2.05, 4.69) is 4.98 Å². The van der Waals surface area contributed by atoms with Gasteiger partial charge in [-0.2, -0.15) is 0 Å². The summed E-state index contributed by atoms with van der Waals surface area (Å²) < 4.78 is 7.27. The van der Waals surface area contributed by atoms with Crippen LogP contribution in [0.4, 0.5) is 10.5 Å². The van der Waals surface area contributed by atoms with Gasteiger partial charge in [-0.05, 0) is 45.0 Å². The van der Waals surface area contributed by atoms with E-state index in [0.29, 0.717) is 11.3 Å². The summed E-state index contributed by atoms with van der Waals surface area (Å²) in [6.07, 6.45) is 3.07. The number of carbonyl (C=O) groups excluding carboxylic acids is 2. The first kappa shape index (κ1) is 18.4. The maximum atomic E-state index is 12.3. The Morgan fingerprint density at radius 3 is 2.59 bits per heavy atom. The normalized spacial score (nSPS) is 11.4. The summed E-state index contributed by atoms with van der Waals surface area (Å²) in [6.45, 7) is 5.46. The molecule has 3 rings (SSSR count). The van der Waals surface area contributed by atoms with Gasteiger partial charge in [-0.3, -0.25) is 14.1 Å². The third kappa shape index (κ3) is 3.92. The first-order valence-electron chi connectivity index (χ1n) is 8.50. The number of anilines is 1. The fourth-order valence-electron chi connectivity index (χ4n) is 2.65. The number of nitrogens with two attached hydrogens (primary N) is 1. The summed E-state index contributed by atoms with van der Waals surface area (Å²) >= 11 is 0. The van der Waals surface area contributed by atoms with Crippen LogP contribution < -0.4 is 10.6 Å². The largest absolute Gasteiger partial charge is 0.443 e. The van der Waals surface area contributed by atoms with Crippen LogP contribution in [0.3, 0.4) is 0 Å². The van der Waals surface area contributed by atoms with Crippen molar-refractivity contribution in [2.24, 2.45) is 5.73 Å². The SMILES string of the molecule is CN(C(=O)OC(C)(C)C)c1ccc2ncc(-c3cccc(C(N)=O)c3)n2c1. The Labute approximate surface area is 157 Å². The van der Waals surface area contributed by atoms with Crippen LogP contribution in [0.25, 0.3) is 16.9 Å². The van der Waals surface area contributed by atoms with Crippen LogP contribution in [0.1, 0.15) is 31.1 Å². The highest BCUT2D eigenvalue weighted by atomic mass is 16.6. The van der Waals surface area contributed by atoms with E-state index >= 15 is 0 Å². The number of imidazole rings is 1. The molecule has 0 fully saturated rings. The van der Waals surface area contributed by atoms with E-state index in [1.165, 1.54) is 4.90 Å². The van der Waals surface area contributed by atoms with Crippen LogP contribution in [0.2, 0.25) is 0 Å². The topological polar surface area (TPSA) is 89.9 Å². The first-order valence-corrected chi connectivity index (χ1v) is 8.50. The molecular weight excluding hydrogens is 344 g/mol. The number of ether oxygens (including phenoxy) is 1. The Kier molecular flexibility index (Phi) is 4.61. The Morgan fingerprint density at radius 2 is 1.93 bits per heavy atom. The fraction of sp³-hybridized carbons (Fsp3) is 0.250. The second kappa shape index (κ2) is 6.75. The molecule has 7 nitrogen and oxygen atoms in total. The molecule has 2 heterocycles. The molecule has 0 aliphatic rings. The second-order valence-electron chi connectivity index (χ2n) is 7.24. The van der Waals surface area contributed by atoms with Gasteiger partial charge in [-0.1, -0.05) is 12.1 Å². The molecule has 27 heavy (non-hydrogen) atoms. The molecule has 1 aromatic carbocycles. The van der Waals surface area contributed by atoms with Crippen molar-refractivity contribution in [2.45, 2.75) is 26.4 Å². The van der Waals surface area contributed by atoms with Gasteiger partial charge in [0.05, 0.1) is 17.6 Å². The average Bonchev–Trinajstić information content (AvgIpc) is 3.02. The van der Waals surface area contributed by atoms with E-state index in [-0.39, 0.29) is 0 Å². The van der Waals surface area contributed by atoms with Crippen molar-refractivity contribution in [1.82, 2.24) is 9.38 Å². The Hall–Kier alpha value is -3.35. The van der Waals surface area contributed by atoms with Crippen molar-refractivity contribution in [3.8, 4) is 11.3 Å². The number of carbonyl (C=O) groups is 2. The van der Waals surface area contributed by atoms with Crippen LogP contribution in [-0.4, -0.2) is 34.0 Å². The summed E-state index contributed by atoms with van der Waals surface area (Å²) in [6, 6.07) is 10.6. The average molecular weight is 366 g/mol. The van der Waals surface area contributed by atoms with Crippen molar-refractivity contribution in [1.29, 1.82) is 0 Å². The lowest BCUT2D eigenvalue weighted by Crippen LogP contribution is -2.34. The van der Waals surface area contributed by atoms with Gasteiger partial charge in [-0.15, -0.1) is 0 Å². The number of benzene rings is 1. The van der Waals surface area contributed by atoms with Crippen molar-refractivity contribution in [3.05, 3.63) is 54.4 Å². The molecule has 0 aliphatic carbocycles. The minimum Gasteiger partial charge on any atom is -0.443 e. The zero-order chi connectivity index (χ0) is 19.8.